The maximum absolute atomic E-state index is 13.7. The molecule has 1 aromatic heterocycles. The van der Waals surface area contributed by atoms with E-state index in [4.69, 9.17) is 4.74 Å². The van der Waals surface area contributed by atoms with Gasteiger partial charge in [0.1, 0.15) is 16.1 Å². The van der Waals surface area contributed by atoms with Crippen LogP contribution in [0.15, 0.2) is 22.8 Å². The minimum atomic E-state index is -0.378. The molecule has 0 aliphatic carbocycles. The van der Waals surface area contributed by atoms with Crippen LogP contribution < -0.4 is 4.74 Å². The molecule has 0 bridgehead atoms. The van der Waals surface area contributed by atoms with E-state index in [2.05, 4.69) is 25.9 Å². The molecule has 0 fully saturated rings. The van der Waals surface area contributed by atoms with Crippen LogP contribution in [0.2, 0.25) is 0 Å². The number of nitrogens with one attached hydrogen (secondary N) is 1. The van der Waals surface area contributed by atoms with Gasteiger partial charge in [-0.25, -0.2) is 9.37 Å². The van der Waals surface area contributed by atoms with Crippen LogP contribution in [0.1, 0.15) is 12.7 Å². The van der Waals surface area contributed by atoms with Gasteiger partial charge in [-0.3, -0.25) is 0 Å². The smallest absolute Gasteiger partial charge is 0.165 e. The van der Waals surface area contributed by atoms with Gasteiger partial charge in [0.2, 0.25) is 0 Å². The van der Waals surface area contributed by atoms with Gasteiger partial charge in [-0.15, -0.1) is 0 Å². The van der Waals surface area contributed by atoms with E-state index >= 15 is 0 Å². The SMILES string of the molecule is CCOc1ccc(-c2nc(C)[nH]c2Br)cc1F. The number of hydrogen-bond donors (Lipinski definition) is 1. The van der Waals surface area contributed by atoms with Gasteiger partial charge >= 0.3 is 0 Å². The Morgan fingerprint density at radius 1 is 1.47 bits per heavy atom. The van der Waals surface area contributed by atoms with E-state index in [1.807, 2.05) is 13.8 Å². The number of H-pyrrole nitrogens is 1. The predicted molar refractivity (Wildman–Crippen MR) is 67.6 cm³/mol. The molecular weight excluding hydrogens is 287 g/mol. The summed E-state index contributed by atoms with van der Waals surface area (Å²) in [5.74, 6) is 0.665. The number of imidazole rings is 1. The molecule has 3 nitrogen and oxygen atoms in total. The molecule has 17 heavy (non-hydrogen) atoms. The first-order chi connectivity index (χ1) is 8.11. The fraction of sp³-hybridized carbons (Fsp3) is 0.250. The second kappa shape index (κ2) is 4.87. The summed E-state index contributed by atoms with van der Waals surface area (Å²) < 4.78 is 19.6. The van der Waals surface area contributed by atoms with E-state index in [-0.39, 0.29) is 11.6 Å². The van der Waals surface area contributed by atoms with Gasteiger partial charge in [-0.05, 0) is 48.0 Å². The zero-order valence-corrected chi connectivity index (χ0v) is 11.1. The molecule has 1 aromatic carbocycles. The average molecular weight is 299 g/mol. The largest absolute Gasteiger partial charge is 0.491 e. The predicted octanol–water partition coefficient (Wildman–Crippen LogP) is 3.69. The summed E-state index contributed by atoms with van der Waals surface area (Å²) in [6.45, 7) is 4.11. The van der Waals surface area contributed by atoms with Crippen molar-refractivity contribution in [3.05, 3.63) is 34.4 Å². The first-order valence-corrected chi connectivity index (χ1v) is 6.06. The molecule has 90 valence electrons. The zero-order chi connectivity index (χ0) is 12.4. The Morgan fingerprint density at radius 2 is 2.24 bits per heavy atom. The number of aromatic nitrogens is 2. The number of aryl methyl sites for hydroxylation is 1. The molecule has 5 heteroatoms. The van der Waals surface area contributed by atoms with E-state index in [0.29, 0.717) is 17.9 Å². The first-order valence-electron chi connectivity index (χ1n) is 5.26. The maximum atomic E-state index is 13.7. The number of rotatable bonds is 3. The van der Waals surface area contributed by atoms with Crippen molar-refractivity contribution in [2.24, 2.45) is 0 Å². The van der Waals surface area contributed by atoms with Crippen LogP contribution in [-0.4, -0.2) is 16.6 Å². The summed E-state index contributed by atoms with van der Waals surface area (Å²) in [6.07, 6.45) is 0. The highest BCUT2D eigenvalue weighted by atomic mass is 79.9. The highest BCUT2D eigenvalue weighted by molar-refractivity contribution is 9.10. The molecule has 0 spiro atoms. The van der Waals surface area contributed by atoms with Gasteiger partial charge in [-0.2, -0.15) is 0 Å². The van der Waals surface area contributed by atoms with Crippen molar-refractivity contribution in [2.75, 3.05) is 6.61 Å². The van der Waals surface area contributed by atoms with Gasteiger partial charge in [-0.1, -0.05) is 0 Å². The van der Waals surface area contributed by atoms with Crippen LogP contribution in [0.25, 0.3) is 11.3 Å². The molecule has 2 aromatic rings. The van der Waals surface area contributed by atoms with Gasteiger partial charge in [0.25, 0.3) is 0 Å². The topological polar surface area (TPSA) is 37.9 Å². The van der Waals surface area contributed by atoms with E-state index in [1.165, 1.54) is 6.07 Å². The van der Waals surface area contributed by atoms with Crippen molar-refractivity contribution in [1.82, 2.24) is 9.97 Å². The van der Waals surface area contributed by atoms with Gasteiger partial charge in [0, 0.05) is 5.56 Å². The molecule has 0 atom stereocenters. The number of hydrogen-bond acceptors (Lipinski definition) is 2. The minimum Gasteiger partial charge on any atom is -0.491 e. The fourth-order valence-corrected chi connectivity index (χ4v) is 2.18. The summed E-state index contributed by atoms with van der Waals surface area (Å²) in [7, 11) is 0. The van der Waals surface area contributed by atoms with Crippen molar-refractivity contribution < 1.29 is 9.13 Å². The summed E-state index contributed by atoms with van der Waals surface area (Å²) in [4.78, 5) is 7.30. The third-order valence-electron chi connectivity index (χ3n) is 2.28. The normalized spacial score (nSPS) is 10.6. The standard InChI is InChI=1S/C12H12BrFN2O/c1-3-17-10-5-4-8(6-9(10)14)11-12(13)16-7(2)15-11/h4-6H,3H2,1-2H3,(H,15,16). The van der Waals surface area contributed by atoms with Crippen LogP contribution in [0.5, 0.6) is 5.75 Å². The van der Waals surface area contributed by atoms with Crippen LogP contribution >= 0.6 is 15.9 Å². The van der Waals surface area contributed by atoms with Gasteiger partial charge in [0.05, 0.1) is 6.61 Å². The van der Waals surface area contributed by atoms with Crippen LogP contribution in [0.4, 0.5) is 4.39 Å². The number of nitrogens with zero attached hydrogens (tertiary/aromatic N) is 1. The average Bonchev–Trinajstić information content (AvgIpc) is 2.61. The quantitative estimate of drug-likeness (QED) is 0.938. The van der Waals surface area contributed by atoms with Crippen molar-refractivity contribution in [2.45, 2.75) is 13.8 Å². The van der Waals surface area contributed by atoms with Crippen molar-refractivity contribution >= 4 is 15.9 Å². The second-order valence-electron chi connectivity index (χ2n) is 3.56. The Bertz CT molecular complexity index is 539. The van der Waals surface area contributed by atoms with E-state index in [9.17, 15) is 4.39 Å². The van der Waals surface area contributed by atoms with Crippen LogP contribution in [-0.2, 0) is 0 Å². The Morgan fingerprint density at radius 3 is 2.76 bits per heavy atom. The number of ether oxygens (including phenoxy) is 1. The first kappa shape index (κ1) is 12.1. The highest BCUT2D eigenvalue weighted by Crippen LogP contribution is 2.29. The number of benzene rings is 1. The Labute approximate surface area is 107 Å². The van der Waals surface area contributed by atoms with E-state index < -0.39 is 0 Å². The monoisotopic (exact) mass is 298 g/mol. The van der Waals surface area contributed by atoms with Crippen LogP contribution in [0, 0.1) is 12.7 Å². The number of aromatic amines is 1. The lowest BCUT2D eigenvalue weighted by molar-refractivity contribution is 0.321. The molecule has 0 unspecified atom stereocenters. The molecule has 0 aliphatic heterocycles. The lowest BCUT2D eigenvalue weighted by Crippen LogP contribution is -1.94. The van der Waals surface area contributed by atoms with Crippen molar-refractivity contribution in [3.63, 3.8) is 0 Å². The second-order valence-corrected chi connectivity index (χ2v) is 4.36. The van der Waals surface area contributed by atoms with E-state index in [1.54, 1.807) is 12.1 Å². The molecule has 0 aliphatic rings. The summed E-state index contributed by atoms with van der Waals surface area (Å²) in [5, 5.41) is 0. The zero-order valence-electron chi connectivity index (χ0n) is 9.55. The third kappa shape index (κ3) is 2.49. The molecule has 1 heterocycles. The lowest BCUT2D eigenvalue weighted by atomic mass is 10.1. The molecule has 0 radical (unpaired) electrons. The molecule has 0 saturated heterocycles. The fourth-order valence-electron chi connectivity index (χ4n) is 1.57. The molecule has 0 amide bonds. The maximum Gasteiger partial charge on any atom is 0.165 e. The summed E-state index contributed by atoms with van der Waals surface area (Å²) >= 11 is 3.36. The lowest BCUT2D eigenvalue weighted by Gasteiger charge is -2.05. The summed E-state index contributed by atoms with van der Waals surface area (Å²) in [5.41, 5.74) is 1.41. The molecular formula is C12H12BrFN2O. The third-order valence-corrected chi connectivity index (χ3v) is 2.86. The van der Waals surface area contributed by atoms with Crippen molar-refractivity contribution in [3.8, 4) is 17.0 Å². The Kier molecular flexibility index (Phi) is 3.47. The van der Waals surface area contributed by atoms with Gasteiger partial charge in [0.15, 0.2) is 11.6 Å². The Hall–Kier alpha value is -1.36. The number of halogens is 2. The highest BCUT2D eigenvalue weighted by Gasteiger charge is 2.11. The van der Waals surface area contributed by atoms with E-state index in [0.717, 1.165) is 10.4 Å². The minimum absolute atomic E-state index is 0.264. The molecule has 2 rings (SSSR count). The van der Waals surface area contributed by atoms with Crippen molar-refractivity contribution in [1.29, 1.82) is 0 Å². The van der Waals surface area contributed by atoms with Gasteiger partial charge < -0.3 is 9.72 Å². The molecule has 0 saturated carbocycles. The summed E-state index contributed by atoms with van der Waals surface area (Å²) in [6, 6.07) is 4.82. The van der Waals surface area contributed by atoms with Crippen LogP contribution in [0.3, 0.4) is 0 Å². The Balaban J connectivity index is 2.41. The molecule has 1 N–H and O–H groups in total.